The molecule has 3 fully saturated rings. The Morgan fingerprint density at radius 2 is 1.47 bits per heavy atom. The van der Waals surface area contributed by atoms with Crippen LogP contribution in [-0.2, 0) is 19.0 Å². The van der Waals surface area contributed by atoms with E-state index < -0.39 is 0 Å². The van der Waals surface area contributed by atoms with Gasteiger partial charge in [-0.05, 0) is 25.7 Å². The first-order valence-electron chi connectivity index (χ1n) is 5.78. The van der Waals surface area contributed by atoms with Gasteiger partial charge in [-0.2, -0.15) is 0 Å². The van der Waals surface area contributed by atoms with Gasteiger partial charge in [-0.15, -0.1) is 0 Å². The number of ketones is 1. The summed E-state index contributed by atoms with van der Waals surface area (Å²) in [5, 5.41) is 0. The normalized spacial score (nSPS) is 45.7. The Hall–Kier alpha value is -0.450. The largest absolute Gasteiger partial charge is 0.369 e. The van der Waals surface area contributed by atoms with Crippen LogP contribution in [0.4, 0.5) is 0 Å². The number of fused-ring (bicyclic) bond motifs is 2. The maximum absolute atomic E-state index is 12.1. The molecule has 3 heterocycles. The third-order valence-electron chi connectivity index (χ3n) is 3.45. The van der Waals surface area contributed by atoms with Gasteiger partial charge >= 0.3 is 0 Å². The second-order valence-electron chi connectivity index (χ2n) is 4.48. The minimum Gasteiger partial charge on any atom is -0.369 e. The predicted molar refractivity (Wildman–Crippen MR) is 51.6 cm³/mol. The zero-order chi connectivity index (χ0) is 10.3. The highest BCUT2D eigenvalue weighted by Crippen LogP contribution is 2.31. The van der Waals surface area contributed by atoms with Crippen LogP contribution in [0.25, 0.3) is 0 Å². The first-order chi connectivity index (χ1) is 7.36. The van der Waals surface area contributed by atoms with Crippen LogP contribution in [0.5, 0.6) is 0 Å². The number of Topliss-reactive ketones (excluding diaryl/α,β-unsaturated/α-hetero) is 1. The third kappa shape index (κ3) is 1.61. The van der Waals surface area contributed by atoms with Gasteiger partial charge in [0.05, 0.1) is 12.2 Å². The Labute approximate surface area is 88.9 Å². The molecule has 0 saturated carbocycles. The van der Waals surface area contributed by atoms with E-state index in [0.29, 0.717) is 13.2 Å². The van der Waals surface area contributed by atoms with Gasteiger partial charge in [0.25, 0.3) is 0 Å². The molecule has 4 atom stereocenters. The van der Waals surface area contributed by atoms with Gasteiger partial charge < -0.3 is 14.2 Å². The van der Waals surface area contributed by atoms with Crippen LogP contribution in [0.2, 0.25) is 0 Å². The van der Waals surface area contributed by atoms with E-state index in [2.05, 4.69) is 0 Å². The number of hydrogen-bond acceptors (Lipinski definition) is 4. The quantitative estimate of drug-likeness (QED) is 0.592. The van der Waals surface area contributed by atoms with Gasteiger partial charge in [-0.1, -0.05) is 0 Å². The molecule has 0 amide bonds. The second-order valence-corrected chi connectivity index (χ2v) is 4.48. The number of ether oxygens (including phenoxy) is 3. The molecule has 0 aromatic heterocycles. The second kappa shape index (κ2) is 3.85. The predicted octanol–water partition coefficient (Wildman–Crippen LogP) is 0.681. The zero-order valence-electron chi connectivity index (χ0n) is 8.69. The molecule has 0 unspecified atom stereocenters. The van der Waals surface area contributed by atoms with Crippen molar-refractivity contribution in [3.63, 3.8) is 0 Å². The average Bonchev–Trinajstić information content (AvgIpc) is 2.30. The van der Waals surface area contributed by atoms with E-state index in [9.17, 15) is 4.79 Å². The van der Waals surface area contributed by atoms with Gasteiger partial charge in [0.2, 0.25) is 0 Å². The smallest absolute Gasteiger partial charge is 0.195 e. The number of rotatable bonds is 0. The van der Waals surface area contributed by atoms with Gasteiger partial charge in [-0.3, -0.25) is 4.79 Å². The molecule has 3 aliphatic heterocycles. The topological polar surface area (TPSA) is 44.8 Å². The average molecular weight is 212 g/mol. The number of carbonyl (C=O) groups is 1. The Bertz CT molecular complexity index is 241. The van der Waals surface area contributed by atoms with Crippen molar-refractivity contribution in [2.45, 2.75) is 50.1 Å². The molecule has 3 rings (SSSR count). The standard InChI is InChI=1S/C11H16O4/c12-9-10-7(3-1-5-13-10)15-8-4-2-6-14-11(8)9/h7-8,10-11H,1-6H2/t7-,8+,10-,11-/m0/s1. The highest BCUT2D eigenvalue weighted by molar-refractivity contribution is 5.89. The van der Waals surface area contributed by atoms with E-state index in [-0.39, 0.29) is 30.2 Å². The van der Waals surface area contributed by atoms with Crippen molar-refractivity contribution in [1.29, 1.82) is 0 Å². The Balaban J connectivity index is 1.79. The highest BCUT2D eigenvalue weighted by atomic mass is 16.6. The summed E-state index contributed by atoms with van der Waals surface area (Å²) in [4.78, 5) is 12.1. The van der Waals surface area contributed by atoms with Crippen molar-refractivity contribution in [2.75, 3.05) is 13.2 Å². The molecule has 0 bridgehead atoms. The number of hydrogen-bond donors (Lipinski definition) is 0. The van der Waals surface area contributed by atoms with E-state index in [1.54, 1.807) is 0 Å². The van der Waals surface area contributed by atoms with E-state index >= 15 is 0 Å². The fraction of sp³-hybridized carbons (Fsp3) is 0.909. The van der Waals surface area contributed by atoms with E-state index in [1.807, 2.05) is 0 Å². The van der Waals surface area contributed by atoms with Crippen molar-refractivity contribution < 1.29 is 19.0 Å². The summed E-state index contributed by atoms with van der Waals surface area (Å²) < 4.78 is 16.9. The SMILES string of the molecule is O=C1[C@H]2OCCC[C@@H]2O[C@@H]2CCCO[C@H]12. The summed E-state index contributed by atoms with van der Waals surface area (Å²) in [6, 6.07) is 0. The molecule has 3 aliphatic rings. The summed E-state index contributed by atoms with van der Waals surface area (Å²) >= 11 is 0. The first kappa shape index (κ1) is 9.75. The molecule has 4 heteroatoms. The maximum Gasteiger partial charge on any atom is 0.195 e. The Kier molecular flexibility index (Phi) is 2.50. The van der Waals surface area contributed by atoms with Crippen LogP contribution < -0.4 is 0 Å². The lowest BCUT2D eigenvalue weighted by molar-refractivity contribution is -0.217. The summed E-state index contributed by atoms with van der Waals surface area (Å²) in [7, 11) is 0. The van der Waals surface area contributed by atoms with Crippen LogP contribution in [0.15, 0.2) is 0 Å². The van der Waals surface area contributed by atoms with Gasteiger partial charge in [0, 0.05) is 13.2 Å². The Morgan fingerprint density at radius 1 is 0.933 bits per heavy atom. The van der Waals surface area contributed by atoms with Crippen molar-refractivity contribution in [1.82, 2.24) is 0 Å². The summed E-state index contributed by atoms with van der Waals surface area (Å²) in [6.45, 7) is 1.35. The zero-order valence-corrected chi connectivity index (χ0v) is 8.69. The van der Waals surface area contributed by atoms with Crippen LogP contribution in [-0.4, -0.2) is 43.4 Å². The summed E-state index contributed by atoms with van der Waals surface area (Å²) in [5.74, 6) is 0.107. The molecule has 0 radical (unpaired) electrons. The van der Waals surface area contributed by atoms with Crippen molar-refractivity contribution >= 4 is 5.78 Å². The minimum atomic E-state index is -0.363. The van der Waals surface area contributed by atoms with Crippen LogP contribution in [0, 0.1) is 0 Å². The minimum absolute atomic E-state index is 0.0193. The molecule has 0 aliphatic carbocycles. The fourth-order valence-corrected chi connectivity index (χ4v) is 2.70. The summed E-state index contributed by atoms with van der Waals surface area (Å²) in [5.41, 5.74) is 0. The molecular weight excluding hydrogens is 196 g/mol. The van der Waals surface area contributed by atoms with Gasteiger partial charge in [-0.25, -0.2) is 0 Å². The fourth-order valence-electron chi connectivity index (χ4n) is 2.70. The molecular formula is C11H16O4. The maximum atomic E-state index is 12.1. The van der Waals surface area contributed by atoms with Crippen LogP contribution in [0.1, 0.15) is 25.7 Å². The molecule has 84 valence electrons. The molecule has 0 spiro atoms. The molecule has 3 saturated heterocycles. The van der Waals surface area contributed by atoms with Crippen molar-refractivity contribution in [2.24, 2.45) is 0 Å². The lowest BCUT2D eigenvalue weighted by Crippen LogP contribution is -2.59. The number of carbonyl (C=O) groups excluding carboxylic acids is 1. The molecule has 0 aromatic rings. The van der Waals surface area contributed by atoms with Gasteiger partial charge in [0.1, 0.15) is 12.2 Å². The third-order valence-corrected chi connectivity index (χ3v) is 3.45. The van der Waals surface area contributed by atoms with Crippen molar-refractivity contribution in [3.8, 4) is 0 Å². The summed E-state index contributed by atoms with van der Waals surface area (Å²) in [6.07, 6.45) is 3.11. The van der Waals surface area contributed by atoms with E-state index in [4.69, 9.17) is 14.2 Å². The Morgan fingerprint density at radius 3 is 2.00 bits per heavy atom. The first-order valence-corrected chi connectivity index (χ1v) is 5.78. The van der Waals surface area contributed by atoms with Gasteiger partial charge in [0.15, 0.2) is 5.78 Å². The van der Waals surface area contributed by atoms with Crippen LogP contribution in [0.3, 0.4) is 0 Å². The molecule has 15 heavy (non-hydrogen) atoms. The monoisotopic (exact) mass is 212 g/mol. The lowest BCUT2D eigenvalue weighted by atomic mass is 9.89. The lowest BCUT2D eigenvalue weighted by Gasteiger charge is -2.43. The molecule has 0 N–H and O–H groups in total. The van der Waals surface area contributed by atoms with Crippen molar-refractivity contribution in [3.05, 3.63) is 0 Å². The van der Waals surface area contributed by atoms with E-state index in [1.165, 1.54) is 0 Å². The van der Waals surface area contributed by atoms with Crippen LogP contribution >= 0.6 is 0 Å². The van der Waals surface area contributed by atoms with E-state index in [0.717, 1.165) is 25.7 Å². The highest BCUT2D eigenvalue weighted by Gasteiger charge is 2.47. The molecule has 0 aromatic carbocycles. The molecule has 4 nitrogen and oxygen atoms in total.